The predicted molar refractivity (Wildman–Crippen MR) is 37.8 cm³/mol. The standard InChI is InChI=1S/C6H11Br/c1-3-5-6(7)4-2/h3,5-6H,4H2,1-2H3/b5-3+. The molecule has 0 aliphatic carbocycles. The van der Waals surface area contributed by atoms with Gasteiger partial charge in [0.15, 0.2) is 0 Å². The van der Waals surface area contributed by atoms with E-state index in [1.807, 2.05) is 6.92 Å². The van der Waals surface area contributed by atoms with E-state index in [0.29, 0.717) is 4.83 Å². The van der Waals surface area contributed by atoms with Gasteiger partial charge in [-0.3, -0.25) is 0 Å². The highest BCUT2D eigenvalue weighted by Crippen LogP contribution is 2.04. The predicted octanol–water partition coefficient (Wildman–Crippen LogP) is 2.74. The zero-order valence-electron chi connectivity index (χ0n) is 4.82. The van der Waals surface area contributed by atoms with E-state index in [2.05, 4.69) is 35.0 Å². The Balaban J connectivity index is 3.16. The average Bonchev–Trinajstić information content (AvgIpc) is 1.68. The molecule has 0 N–H and O–H groups in total. The molecule has 0 spiro atoms. The summed E-state index contributed by atoms with van der Waals surface area (Å²) in [7, 11) is 0. The third kappa shape index (κ3) is 4.07. The van der Waals surface area contributed by atoms with Gasteiger partial charge in [0.1, 0.15) is 0 Å². The molecule has 0 saturated heterocycles. The Morgan fingerprint density at radius 2 is 2.29 bits per heavy atom. The molecule has 0 aromatic carbocycles. The van der Waals surface area contributed by atoms with Gasteiger partial charge in [0.05, 0.1) is 0 Å². The zero-order chi connectivity index (χ0) is 5.70. The van der Waals surface area contributed by atoms with Crippen LogP contribution in [0.2, 0.25) is 0 Å². The molecule has 0 aromatic rings. The van der Waals surface area contributed by atoms with Gasteiger partial charge >= 0.3 is 0 Å². The Labute approximate surface area is 53.7 Å². The fourth-order valence-electron chi connectivity index (χ4n) is 0.345. The van der Waals surface area contributed by atoms with Gasteiger partial charge in [-0.05, 0) is 13.3 Å². The summed E-state index contributed by atoms with van der Waals surface area (Å²) in [6.45, 7) is 4.18. The smallest absolute Gasteiger partial charge is 0.0322 e. The summed E-state index contributed by atoms with van der Waals surface area (Å²) in [5.74, 6) is 0. The van der Waals surface area contributed by atoms with E-state index in [1.54, 1.807) is 0 Å². The largest absolute Gasteiger partial charge is 0.0906 e. The molecule has 0 rings (SSSR count). The Morgan fingerprint density at radius 3 is 2.43 bits per heavy atom. The maximum absolute atomic E-state index is 3.45. The molecule has 0 bridgehead atoms. The molecule has 1 heteroatoms. The highest BCUT2D eigenvalue weighted by molar-refractivity contribution is 9.09. The third-order valence-electron chi connectivity index (χ3n) is 0.791. The van der Waals surface area contributed by atoms with Gasteiger partial charge < -0.3 is 0 Å². The molecule has 1 atom stereocenters. The first-order chi connectivity index (χ1) is 3.31. The second-order valence-electron chi connectivity index (χ2n) is 1.45. The lowest BCUT2D eigenvalue weighted by Crippen LogP contribution is -1.85. The second-order valence-corrected chi connectivity index (χ2v) is 2.63. The Morgan fingerprint density at radius 1 is 1.71 bits per heavy atom. The molecule has 7 heavy (non-hydrogen) atoms. The van der Waals surface area contributed by atoms with Crippen LogP contribution in [-0.4, -0.2) is 4.83 Å². The number of alkyl halides is 1. The SMILES string of the molecule is C/C=C/C(Br)CC. The molecule has 0 fully saturated rings. The molecule has 42 valence electrons. The molecular weight excluding hydrogens is 152 g/mol. The molecule has 1 unspecified atom stereocenters. The van der Waals surface area contributed by atoms with Gasteiger partial charge in [-0.15, -0.1) is 0 Å². The van der Waals surface area contributed by atoms with Crippen molar-refractivity contribution in [2.24, 2.45) is 0 Å². The van der Waals surface area contributed by atoms with E-state index in [-0.39, 0.29) is 0 Å². The number of halogens is 1. The topological polar surface area (TPSA) is 0 Å². The first-order valence-electron chi connectivity index (χ1n) is 2.58. The molecule has 0 saturated carbocycles. The van der Waals surface area contributed by atoms with Crippen LogP contribution in [0.3, 0.4) is 0 Å². The minimum atomic E-state index is 0.581. The summed E-state index contributed by atoms with van der Waals surface area (Å²) in [5.41, 5.74) is 0. The molecule has 0 radical (unpaired) electrons. The van der Waals surface area contributed by atoms with E-state index in [9.17, 15) is 0 Å². The van der Waals surface area contributed by atoms with Crippen molar-refractivity contribution in [2.45, 2.75) is 25.1 Å². The lowest BCUT2D eigenvalue weighted by atomic mass is 10.3. The number of rotatable bonds is 2. The summed E-state index contributed by atoms with van der Waals surface area (Å²) >= 11 is 3.45. The van der Waals surface area contributed by atoms with Crippen molar-refractivity contribution in [3.63, 3.8) is 0 Å². The highest BCUT2D eigenvalue weighted by atomic mass is 79.9. The molecule has 0 amide bonds. The van der Waals surface area contributed by atoms with Crippen molar-refractivity contribution in [3.8, 4) is 0 Å². The van der Waals surface area contributed by atoms with E-state index in [4.69, 9.17) is 0 Å². The minimum absolute atomic E-state index is 0.581. The Hall–Kier alpha value is 0.220. The summed E-state index contributed by atoms with van der Waals surface area (Å²) in [6, 6.07) is 0. The van der Waals surface area contributed by atoms with Crippen LogP contribution in [0.25, 0.3) is 0 Å². The first-order valence-corrected chi connectivity index (χ1v) is 3.49. The van der Waals surface area contributed by atoms with Crippen molar-refractivity contribution in [2.75, 3.05) is 0 Å². The first kappa shape index (κ1) is 7.22. The third-order valence-corrected chi connectivity index (χ3v) is 1.74. The molecule has 0 aliphatic heterocycles. The normalized spacial score (nSPS) is 15.3. The molecule has 0 heterocycles. The van der Waals surface area contributed by atoms with Gasteiger partial charge in [-0.2, -0.15) is 0 Å². The Kier molecular flexibility index (Phi) is 4.52. The van der Waals surface area contributed by atoms with Crippen LogP contribution in [0.1, 0.15) is 20.3 Å². The van der Waals surface area contributed by atoms with Gasteiger partial charge in [0.2, 0.25) is 0 Å². The number of hydrogen-bond donors (Lipinski definition) is 0. The van der Waals surface area contributed by atoms with Gasteiger partial charge in [-0.25, -0.2) is 0 Å². The van der Waals surface area contributed by atoms with Gasteiger partial charge in [-0.1, -0.05) is 35.0 Å². The average molecular weight is 163 g/mol. The van der Waals surface area contributed by atoms with E-state index >= 15 is 0 Å². The van der Waals surface area contributed by atoms with Crippen LogP contribution in [0.15, 0.2) is 12.2 Å². The summed E-state index contributed by atoms with van der Waals surface area (Å²) in [4.78, 5) is 0.581. The van der Waals surface area contributed by atoms with E-state index < -0.39 is 0 Å². The maximum Gasteiger partial charge on any atom is 0.0322 e. The minimum Gasteiger partial charge on any atom is -0.0906 e. The molecule has 0 aliphatic rings. The monoisotopic (exact) mass is 162 g/mol. The van der Waals surface area contributed by atoms with Crippen molar-refractivity contribution in [1.29, 1.82) is 0 Å². The Bertz CT molecular complexity index is 57.2. The fourth-order valence-corrected chi connectivity index (χ4v) is 0.650. The van der Waals surface area contributed by atoms with E-state index in [0.717, 1.165) is 0 Å². The summed E-state index contributed by atoms with van der Waals surface area (Å²) in [6.07, 6.45) is 5.37. The van der Waals surface area contributed by atoms with Crippen LogP contribution >= 0.6 is 15.9 Å². The van der Waals surface area contributed by atoms with Crippen LogP contribution < -0.4 is 0 Å². The quantitative estimate of drug-likeness (QED) is 0.433. The van der Waals surface area contributed by atoms with Crippen LogP contribution in [0, 0.1) is 0 Å². The highest BCUT2D eigenvalue weighted by Gasteiger charge is 1.88. The zero-order valence-corrected chi connectivity index (χ0v) is 6.40. The van der Waals surface area contributed by atoms with E-state index in [1.165, 1.54) is 6.42 Å². The van der Waals surface area contributed by atoms with Gasteiger partial charge in [0.25, 0.3) is 0 Å². The molecule has 0 nitrogen and oxygen atoms in total. The van der Waals surface area contributed by atoms with Crippen molar-refractivity contribution >= 4 is 15.9 Å². The lowest BCUT2D eigenvalue weighted by molar-refractivity contribution is 0.990. The fraction of sp³-hybridized carbons (Fsp3) is 0.667. The second kappa shape index (κ2) is 4.38. The van der Waals surface area contributed by atoms with Crippen molar-refractivity contribution in [3.05, 3.63) is 12.2 Å². The van der Waals surface area contributed by atoms with Crippen LogP contribution in [0.4, 0.5) is 0 Å². The summed E-state index contributed by atoms with van der Waals surface area (Å²) in [5, 5.41) is 0. The summed E-state index contributed by atoms with van der Waals surface area (Å²) < 4.78 is 0. The van der Waals surface area contributed by atoms with Crippen molar-refractivity contribution < 1.29 is 0 Å². The maximum atomic E-state index is 3.45. The van der Waals surface area contributed by atoms with Crippen molar-refractivity contribution in [1.82, 2.24) is 0 Å². The molecule has 0 aromatic heterocycles. The van der Waals surface area contributed by atoms with Crippen LogP contribution in [-0.2, 0) is 0 Å². The lowest BCUT2D eigenvalue weighted by Gasteiger charge is -1.93. The number of hydrogen-bond acceptors (Lipinski definition) is 0. The number of allylic oxidation sites excluding steroid dienone is 2. The molecular formula is C6H11Br. The van der Waals surface area contributed by atoms with Gasteiger partial charge in [0, 0.05) is 4.83 Å². The van der Waals surface area contributed by atoms with Crippen LogP contribution in [0.5, 0.6) is 0 Å².